The van der Waals surface area contributed by atoms with Crippen molar-refractivity contribution in [2.45, 2.75) is 31.9 Å². The second-order valence-electron chi connectivity index (χ2n) is 9.83. The van der Waals surface area contributed by atoms with Crippen LogP contribution in [0.5, 0.6) is 11.5 Å². The number of benzene rings is 2. The number of hydrogen-bond donors (Lipinski definition) is 1. The van der Waals surface area contributed by atoms with Gasteiger partial charge in [-0.25, -0.2) is 0 Å². The summed E-state index contributed by atoms with van der Waals surface area (Å²) in [5, 5.41) is 7.13. The molecule has 206 valence electrons. The third-order valence-corrected chi connectivity index (χ3v) is 7.37. The lowest BCUT2D eigenvalue weighted by molar-refractivity contribution is -0.137. The Bertz CT molecular complexity index is 1460. The first-order valence-corrected chi connectivity index (χ1v) is 12.7. The third-order valence-electron chi connectivity index (χ3n) is 7.37. The zero-order valence-electron chi connectivity index (χ0n) is 21.9. The largest absolute Gasteiger partial charge is 0.497 e. The zero-order valence-corrected chi connectivity index (χ0v) is 21.9. The second-order valence-corrected chi connectivity index (χ2v) is 9.83. The molecule has 0 spiro atoms. The normalized spacial score (nSPS) is 15.1. The van der Waals surface area contributed by atoms with Crippen LogP contribution in [0.1, 0.15) is 29.5 Å². The van der Waals surface area contributed by atoms with Gasteiger partial charge in [0, 0.05) is 55.4 Å². The van der Waals surface area contributed by atoms with E-state index in [1.165, 1.54) is 26.4 Å². The number of rotatable bonds is 7. The molecule has 3 aromatic rings. The molecular formula is C28H29F3N4O4. The number of nitrogens with zero attached hydrogens (tertiary/aromatic N) is 3. The summed E-state index contributed by atoms with van der Waals surface area (Å²) in [6.07, 6.45) is -2.60. The van der Waals surface area contributed by atoms with E-state index in [2.05, 4.69) is 10.4 Å². The Balaban J connectivity index is 1.64. The Kier molecular flexibility index (Phi) is 7.00. The molecule has 0 unspecified atom stereocenters. The topological polar surface area (TPSA) is 85.7 Å². The van der Waals surface area contributed by atoms with Crippen LogP contribution in [-0.2, 0) is 23.8 Å². The minimum Gasteiger partial charge on any atom is -0.497 e. The van der Waals surface area contributed by atoms with Gasteiger partial charge in [-0.2, -0.15) is 23.0 Å². The lowest BCUT2D eigenvalue weighted by atomic mass is 9.94. The maximum Gasteiger partial charge on any atom is 0.418 e. The van der Waals surface area contributed by atoms with Crippen molar-refractivity contribution in [2.75, 3.05) is 39.3 Å². The van der Waals surface area contributed by atoms with E-state index in [0.717, 1.165) is 16.3 Å². The van der Waals surface area contributed by atoms with E-state index in [9.17, 15) is 22.8 Å². The van der Waals surface area contributed by atoms with Gasteiger partial charge < -0.3 is 19.7 Å². The molecule has 0 radical (unpaired) electrons. The molecule has 1 amide bonds. The average molecular weight is 543 g/mol. The summed E-state index contributed by atoms with van der Waals surface area (Å²) < 4.78 is 54.3. The van der Waals surface area contributed by atoms with E-state index < -0.39 is 17.3 Å². The van der Waals surface area contributed by atoms with E-state index in [4.69, 9.17) is 9.47 Å². The van der Waals surface area contributed by atoms with Crippen molar-refractivity contribution in [3.63, 3.8) is 0 Å². The number of methoxy groups -OCH3 is 2. The first-order valence-electron chi connectivity index (χ1n) is 12.7. The molecule has 0 atom stereocenters. The van der Waals surface area contributed by atoms with Crippen molar-refractivity contribution in [3.8, 4) is 28.4 Å². The Morgan fingerprint density at radius 3 is 2.33 bits per heavy atom. The average Bonchev–Trinajstić information content (AvgIpc) is 3.40. The molecular weight excluding hydrogens is 513 g/mol. The van der Waals surface area contributed by atoms with Crippen molar-refractivity contribution >= 4 is 11.6 Å². The minimum atomic E-state index is -4.70. The van der Waals surface area contributed by atoms with Crippen LogP contribution >= 0.6 is 0 Å². The number of ether oxygens (including phenoxy) is 2. The number of carbonyl (C=O) groups excluding carboxylic acids is 1. The monoisotopic (exact) mass is 542 g/mol. The molecule has 11 heteroatoms. The summed E-state index contributed by atoms with van der Waals surface area (Å²) in [5.41, 5.74) is 0.914. The first-order chi connectivity index (χ1) is 18.6. The SMILES string of the molecule is CNC(=O)CC1CN(c2ccc(C(F)(F)F)c(-n3nc(-c4cc(OC)cc(OC)c4)c4c(c3=O)CCC4)c2)C1. The predicted molar refractivity (Wildman–Crippen MR) is 140 cm³/mol. The highest BCUT2D eigenvalue weighted by Gasteiger charge is 2.37. The fourth-order valence-electron chi connectivity index (χ4n) is 5.32. The number of amides is 1. The van der Waals surface area contributed by atoms with Gasteiger partial charge in [-0.05, 0) is 55.2 Å². The van der Waals surface area contributed by atoms with Gasteiger partial charge in [0.25, 0.3) is 5.56 Å². The number of halogens is 3. The van der Waals surface area contributed by atoms with E-state index in [1.54, 1.807) is 25.2 Å². The zero-order chi connectivity index (χ0) is 27.9. The molecule has 1 N–H and O–H groups in total. The fraction of sp³-hybridized carbons (Fsp3) is 0.393. The Morgan fingerprint density at radius 1 is 1.05 bits per heavy atom. The van der Waals surface area contributed by atoms with Crippen molar-refractivity contribution < 1.29 is 27.4 Å². The number of fused-ring (bicyclic) bond motifs is 1. The van der Waals surface area contributed by atoms with Gasteiger partial charge in [0.2, 0.25) is 5.91 Å². The van der Waals surface area contributed by atoms with Gasteiger partial charge in [0.05, 0.1) is 31.2 Å². The van der Waals surface area contributed by atoms with Gasteiger partial charge in [0.1, 0.15) is 11.5 Å². The number of aromatic nitrogens is 2. The first kappa shape index (κ1) is 26.6. The smallest absolute Gasteiger partial charge is 0.418 e. The van der Waals surface area contributed by atoms with E-state index in [0.29, 0.717) is 72.8 Å². The molecule has 5 rings (SSSR count). The van der Waals surface area contributed by atoms with E-state index in [1.807, 2.05) is 4.90 Å². The summed E-state index contributed by atoms with van der Waals surface area (Å²) in [6, 6.07) is 8.90. The van der Waals surface area contributed by atoms with Crippen LogP contribution in [0.3, 0.4) is 0 Å². The highest BCUT2D eigenvalue weighted by Crippen LogP contribution is 2.39. The number of carbonyl (C=O) groups is 1. The standard InChI is InChI=1S/C28H29F3N4O4/c1-32-25(36)9-16-14-34(15-16)18-7-8-23(28(29,30)31)24(12-18)35-27(37)22-6-4-5-21(22)26(33-35)17-10-19(38-2)13-20(11-17)39-3/h7-8,10-13,16H,4-6,9,14-15H2,1-3H3,(H,32,36). The number of nitrogens with one attached hydrogen (secondary N) is 1. The lowest BCUT2D eigenvalue weighted by Gasteiger charge is -2.41. The van der Waals surface area contributed by atoms with E-state index >= 15 is 0 Å². The Hall–Kier alpha value is -4.02. The molecule has 2 aliphatic rings. The fourth-order valence-corrected chi connectivity index (χ4v) is 5.32. The lowest BCUT2D eigenvalue weighted by Crippen LogP contribution is -2.48. The Labute approximate surface area is 223 Å². The van der Waals surface area contributed by atoms with Crippen LogP contribution in [0, 0.1) is 5.92 Å². The molecule has 1 aliphatic heterocycles. The molecule has 1 aromatic heterocycles. The highest BCUT2D eigenvalue weighted by atomic mass is 19.4. The maximum atomic E-state index is 14.2. The molecule has 1 saturated heterocycles. The maximum absolute atomic E-state index is 14.2. The number of anilines is 1. The number of hydrogen-bond acceptors (Lipinski definition) is 6. The highest BCUT2D eigenvalue weighted by molar-refractivity contribution is 5.76. The molecule has 2 heterocycles. The van der Waals surface area contributed by atoms with Gasteiger partial charge in [-0.15, -0.1) is 0 Å². The van der Waals surface area contributed by atoms with Crippen LogP contribution in [0.2, 0.25) is 0 Å². The van der Waals surface area contributed by atoms with Gasteiger partial charge >= 0.3 is 6.18 Å². The van der Waals surface area contributed by atoms with Crippen molar-refractivity contribution in [1.82, 2.24) is 15.1 Å². The summed E-state index contributed by atoms with van der Waals surface area (Å²) in [4.78, 5) is 27.2. The van der Waals surface area contributed by atoms with Crippen molar-refractivity contribution in [1.29, 1.82) is 0 Å². The summed E-state index contributed by atoms with van der Waals surface area (Å²) in [7, 11) is 4.58. The molecule has 8 nitrogen and oxygen atoms in total. The van der Waals surface area contributed by atoms with Crippen LogP contribution < -0.4 is 25.2 Å². The van der Waals surface area contributed by atoms with Crippen LogP contribution in [-0.4, -0.2) is 50.0 Å². The molecule has 0 saturated carbocycles. The molecule has 1 aliphatic carbocycles. The van der Waals surface area contributed by atoms with Crippen molar-refractivity contribution in [2.24, 2.45) is 5.92 Å². The van der Waals surface area contributed by atoms with Gasteiger partial charge in [-0.1, -0.05) is 0 Å². The van der Waals surface area contributed by atoms with Crippen LogP contribution in [0.15, 0.2) is 41.2 Å². The number of alkyl halides is 3. The van der Waals surface area contributed by atoms with Crippen LogP contribution in [0.4, 0.5) is 18.9 Å². The molecule has 1 fully saturated rings. The minimum absolute atomic E-state index is 0.0802. The second kappa shape index (κ2) is 10.3. The third kappa shape index (κ3) is 5.05. The molecule has 39 heavy (non-hydrogen) atoms. The van der Waals surface area contributed by atoms with Crippen LogP contribution in [0.25, 0.3) is 16.9 Å². The molecule has 0 bridgehead atoms. The quantitative estimate of drug-likeness (QED) is 0.486. The van der Waals surface area contributed by atoms with Gasteiger partial charge in [0.15, 0.2) is 0 Å². The molecule has 2 aromatic carbocycles. The van der Waals surface area contributed by atoms with Crippen molar-refractivity contribution in [3.05, 3.63) is 63.4 Å². The van der Waals surface area contributed by atoms with Gasteiger partial charge in [-0.3, -0.25) is 9.59 Å². The van der Waals surface area contributed by atoms with E-state index in [-0.39, 0.29) is 17.5 Å². The summed E-state index contributed by atoms with van der Waals surface area (Å²) >= 11 is 0. The predicted octanol–water partition coefficient (Wildman–Crippen LogP) is 4.00. The summed E-state index contributed by atoms with van der Waals surface area (Å²) in [5.74, 6) is 1.02. The summed E-state index contributed by atoms with van der Waals surface area (Å²) in [6.45, 7) is 1.05. The Morgan fingerprint density at radius 2 is 1.72 bits per heavy atom.